The van der Waals surface area contributed by atoms with Crippen LogP contribution in [0.15, 0.2) is 24.3 Å². The van der Waals surface area contributed by atoms with Gasteiger partial charge in [-0.25, -0.2) is 4.79 Å². The number of carbonyl (C=O) groups excluding carboxylic acids is 4. The molecule has 1 aliphatic carbocycles. The van der Waals surface area contributed by atoms with Crippen LogP contribution in [-0.2, 0) is 9.59 Å². The lowest BCUT2D eigenvalue weighted by atomic mass is 9.73. The van der Waals surface area contributed by atoms with Crippen LogP contribution in [0.3, 0.4) is 0 Å². The molecule has 1 aromatic carbocycles. The highest BCUT2D eigenvalue weighted by atomic mass is 16.2. The number of nitrogens with one attached hydrogen (secondary N) is 2. The Bertz CT molecular complexity index is 759. The second kappa shape index (κ2) is 6.90. The van der Waals surface area contributed by atoms with E-state index in [1.165, 1.54) is 6.92 Å². The maximum atomic E-state index is 12.8. The van der Waals surface area contributed by atoms with Gasteiger partial charge in [-0.05, 0) is 49.9 Å². The molecule has 0 aromatic heterocycles. The van der Waals surface area contributed by atoms with Gasteiger partial charge in [0, 0.05) is 11.3 Å². The van der Waals surface area contributed by atoms with E-state index in [0.717, 1.165) is 24.2 Å². The van der Waals surface area contributed by atoms with E-state index in [0.29, 0.717) is 17.7 Å². The Kier molecular flexibility index (Phi) is 4.80. The standard InChI is InChI=1S/C19H23N3O4/c1-12-5-3-4-10-19(12)17(25)22(18(26)21-19)11-16(24)20-15-8-6-14(7-9-15)13(2)23/h6-9,12H,3-5,10-11H2,1-2H3,(H,20,24)(H,21,26)/t12-,19+/m1/s1. The van der Waals surface area contributed by atoms with E-state index >= 15 is 0 Å². The van der Waals surface area contributed by atoms with Crippen molar-refractivity contribution in [1.29, 1.82) is 0 Å². The fraction of sp³-hybridized carbons (Fsp3) is 0.474. The quantitative estimate of drug-likeness (QED) is 0.638. The van der Waals surface area contributed by atoms with Gasteiger partial charge in [-0.15, -0.1) is 0 Å². The summed E-state index contributed by atoms with van der Waals surface area (Å²) in [5.74, 6) is -0.768. The highest BCUT2D eigenvalue weighted by Gasteiger charge is 2.55. The minimum atomic E-state index is -0.862. The van der Waals surface area contributed by atoms with Gasteiger partial charge < -0.3 is 10.6 Å². The van der Waals surface area contributed by atoms with E-state index < -0.39 is 17.5 Å². The van der Waals surface area contributed by atoms with Crippen LogP contribution in [0.25, 0.3) is 0 Å². The topological polar surface area (TPSA) is 95.6 Å². The summed E-state index contributed by atoms with van der Waals surface area (Å²) in [7, 11) is 0. The third kappa shape index (κ3) is 3.21. The normalized spacial score (nSPS) is 25.3. The van der Waals surface area contributed by atoms with Crippen LogP contribution >= 0.6 is 0 Å². The zero-order valence-corrected chi connectivity index (χ0v) is 15.0. The highest BCUT2D eigenvalue weighted by molar-refractivity contribution is 6.10. The lowest BCUT2D eigenvalue weighted by Gasteiger charge is -2.36. The zero-order chi connectivity index (χ0) is 18.9. The molecule has 0 bridgehead atoms. The molecule has 1 heterocycles. The van der Waals surface area contributed by atoms with E-state index in [9.17, 15) is 19.2 Å². The van der Waals surface area contributed by atoms with Gasteiger partial charge in [-0.1, -0.05) is 19.8 Å². The van der Waals surface area contributed by atoms with Gasteiger partial charge in [-0.3, -0.25) is 19.3 Å². The Balaban J connectivity index is 1.66. The second-order valence-electron chi connectivity index (χ2n) is 7.12. The summed E-state index contributed by atoms with van der Waals surface area (Å²) in [5, 5.41) is 5.48. The molecule has 1 aromatic rings. The number of ketones is 1. The number of Topliss-reactive ketones (excluding diaryl/α,β-unsaturated/α-hetero) is 1. The van der Waals surface area contributed by atoms with E-state index in [1.807, 2.05) is 6.92 Å². The van der Waals surface area contributed by atoms with E-state index in [1.54, 1.807) is 24.3 Å². The van der Waals surface area contributed by atoms with Crippen LogP contribution in [-0.4, -0.2) is 40.6 Å². The SMILES string of the molecule is CC(=O)c1ccc(NC(=O)CN2C(=O)N[C@]3(CCCC[C@H]3C)C2=O)cc1. The van der Waals surface area contributed by atoms with Gasteiger partial charge in [0.15, 0.2) is 5.78 Å². The first-order chi connectivity index (χ1) is 12.3. The molecular formula is C19H23N3O4. The minimum absolute atomic E-state index is 0.0555. The monoisotopic (exact) mass is 357 g/mol. The van der Waals surface area contributed by atoms with Gasteiger partial charge >= 0.3 is 6.03 Å². The minimum Gasteiger partial charge on any atom is -0.325 e. The first-order valence-corrected chi connectivity index (χ1v) is 8.88. The number of nitrogens with zero attached hydrogens (tertiary/aromatic N) is 1. The Hall–Kier alpha value is -2.70. The second-order valence-corrected chi connectivity index (χ2v) is 7.12. The van der Waals surface area contributed by atoms with Gasteiger partial charge in [0.05, 0.1) is 0 Å². The summed E-state index contributed by atoms with van der Waals surface area (Å²) in [6.07, 6.45) is 3.43. The highest BCUT2D eigenvalue weighted by Crippen LogP contribution is 2.38. The molecule has 1 saturated heterocycles. The van der Waals surface area contributed by atoms with Crippen LogP contribution in [0.1, 0.15) is 49.9 Å². The molecule has 7 nitrogen and oxygen atoms in total. The van der Waals surface area contributed by atoms with Crippen LogP contribution in [0, 0.1) is 5.92 Å². The van der Waals surface area contributed by atoms with Crippen molar-refractivity contribution in [3.05, 3.63) is 29.8 Å². The fourth-order valence-electron chi connectivity index (χ4n) is 3.77. The maximum absolute atomic E-state index is 12.8. The van der Waals surface area contributed by atoms with Crippen LogP contribution in [0.5, 0.6) is 0 Å². The smallest absolute Gasteiger partial charge is 0.325 e. The number of anilines is 1. The molecule has 138 valence electrons. The number of carbonyl (C=O) groups is 4. The predicted molar refractivity (Wildman–Crippen MR) is 95.7 cm³/mol. The average molecular weight is 357 g/mol. The molecule has 7 heteroatoms. The van der Waals surface area contributed by atoms with Crippen molar-refractivity contribution in [3.63, 3.8) is 0 Å². The molecule has 1 aliphatic heterocycles. The van der Waals surface area contributed by atoms with E-state index in [-0.39, 0.29) is 24.2 Å². The van der Waals surface area contributed by atoms with E-state index in [2.05, 4.69) is 10.6 Å². The fourth-order valence-corrected chi connectivity index (χ4v) is 3.77. The molecular weight excluding hydrogens is 334 g/mol. The maximum Gasteiger partial charge on any atom is 0.325 e. The Morgan fingerprint density at radius 1 is 1.23 bits per heavy atom. The average Bonchev–Trinajstić information content (AvgIpc) is 2.83. The summed E-state index contributed by atoms with van der Waals surface area (Å²) in [4.78, 5) is 49.7. The summed E-state index contributed by atoms with van der Waals surface area (Å²) in [5.41, 5.74) is 0.191. The van der Waals surface area contributed by atoms with E-state index in [4.69, 9.17) is 0 Å². The third-order valence-corrected chi connectivity index (χ3v) is 5.38. The van der Waals surface area contributed by atoms with Crippen molar-refractivity contribution in [2.24, 2.45) is 5.92 Å². The molecule has 4 amide bonds. The van der Waals surface area contributed by atoms with Crippen molar-refractivity contribution in [1.82, 2.24) is 10.2 Å². The van der Waals surface area contributed by atoms with Gasteiger partial charge in [-0.2, -0.15) is 0 Å². The van der Waals surface area contributed by atoms with Gasteiger partial charge in [0.1, 0.15) is 12.1 Å². The molecule has 1 spiro atoms. The number of amides is 4. The molecule has 2 aliphatic rings. The molecule has 2 atom stereocenters. The number of hydrogen-bond acceptors (Lipinski definition) is 4. The molecule has 3 rings (SSSR count). The summed E-state index contributed by atoms with van der Waals surface area (Å²) in [6, 6.07) is 5.95. The predicted octanol–water partition coefficient (Wildman–Crippen LogP) is 2.33. The van der Waals surface area contributed by atoms with Gasteiger partial charge in [0.25, 0.3) is 5.91 Å². The lowest BCUT2D eigenvalue weighted by Crippen LogP contribution is -2.54. The van der Waals surface area contributed by atoms with Crippen LogP contribution in [0.2, 0.25) is 0 Å². The van der Waals surface area contributed by atoms with Crippen molar-refractivity contribution in [2.45, 2.75) is 45.1 Å². The Morgan fingerprint density at radius 2 is 1.92 bits per heavy atom. The summed E-state index contributed by atoms with van der Waals surface area (Å²) < 4.78 is 0. The largest absolute Gasteiger partial charge is 0.325 e. The van der Waals surface area contributed by atoms with Gasteiger partial charge in [0.2, 0.25) is 5.91 Å². The lowest BCUT2D eigenvalue weighted by molar-refractivity contribution is -0.136. The molecule has 26 heavy (non-hydrogen) atoms. The Labute approximate surface area is 152 Å². The summed E-state index contributed by atoms with van der Waals surface area (Å²) >= 11 is 0. The molecule has 0 radical (unpaired) electrons. The number of rotatable bonds is 4. The first kappa shape index (κ1) is 18.1. The molecule has 0 unspecified atom stereocenters. The summed E-state index contributed by atoms with van der Waals surface area (Å²) in [6.45, 7) is 3.11. The first-order valence-electron chi connectivity index (χ1n) is 8.88. The third-order valence-electron chi connectivity index (χ3n) is 5.38. The number of imide groups is 1. The zero-order valence-electron chi connectivity index (χ0n) is 15.0. The van der Waals surface area contributed by atoms with Crippen molar-refractivity contribution in [2.75, 3.05) is 11.9 Å². The van der Waals surface area contributed by atoms with Crippen LogP contribution in [0.4, 0.5) is 10.5 Å². The van der Waals surface area contributed by atoms with Crippen LogP contribution < -0.4 is 10.6 Å². The van der Waals surface area contributed by atoms with Crippen molar-refractivity contribution < 1.29 is 19.2 Å². The number of hydrogen-bond donors (Lipinski definition) is 2. The molecule has 2 N–H and O–H groups in total. The Morgan fingerprint density at radius 3 is 2.54 bits per heavy atom. The molecule has 2 fully saturated rings. The van der Waals surface area contributed by atoms with Crippen molar-refractivity contribution >= 4 is 29.3 Å². The van der Waals surface area contributed by atoms with Crippen molar-refractivity contribution in [3.8, 4) is 0 Å². The molecule has 1 saturated carbocycles. The number of benzene rings is 1. The number of urea groups is 1.